The molecule has 0 saturated heterocycles. The van der Waals surface area contributed by atoms with Crippen molar-refractivity contribution in [2.45, 2.75) is 39.7 Å². The van der Waals surface area contributed by atoms with Crippen molar-refractivity contribution >= 4 is 39.3 Å². The number of carbonyl (C=O) groups is 1. The van der Waals surface area contributed by atoms with Crippen LogP contribution in [-0.2, 0) is 19.4 Å². The zero-order chi connectivity index (χ0) is 20.2. The van der Waals surface area contributed by atoms with Gasteiger partial charge in [0.15, 0.2) is 0 Å². The first kappa shape index (κ1) is 20.0. The number of ether oxygens (including phenoxy) is 1. The number of thiophene rings is 2. The van der Waals surface area contributed by atoms with E-state index < -0.39 is 0 Å². The number of benzene rings is 1. The fourth-order valence-corrected chi connectivity index (χ4v) is 5.74. The number of fused-ring (bicyclic) bond motifs is 1. The normalized spacial score (nSPS) is 15.6. The zero-order valence-corrected chi connectivity index (χ0v) is 18.4. The maximum Gasteiger partial charge on any atom is 0.258 e. The van der Waals surface area contributed by atoms with Gasteiger partial charge in [-0.2, -0.15) is 0 Å². The third-order valence-electron chi connectivity index (χ3n) is 5.17. The number of hydrogen-bond acceptors (Lipinski definition) is 5. The Bertz CT molecular complexity index is 962. The van der Waals surface area contributed by atoms with E-state index in [1.54, 1.807) is 22.7 Å². The summed E-state index contributed by atoms with van der Waals surface area (Å²) in [6.45, 7) is 5.63. The van der Waals surface area contributed by atoms with E-state index >= 15 is 0 Å². The molecule has 2 heterocycles. The summed E-state index contributed by atoms with van der Waals surface area (Å²) >= 11 is 3.48. The van der Waals surface area contributed by atoms with Crippen molar-refractivity contribution < 1.29 is 9.53 Å². The predicted octanol–water partition coefficient (Wildman–Crippen LogP) is 6.20. The quantitative estimate of drug-likeness (QED) is 0.473. The highest BCUT2D eigenvalue weighted by Gasteiger charge is 2.27. The van der Waals surface area contributed by atoms with Crippen molar-refractivity contribution in [2.75, 3.05) is 17.2 Å². The number of carbonyl (C=O) groups excluding carboxylic acids is 1. The lowest BCUT2D eigenvalue weighted by Crippen LogP contribution is -2.17. The maximum atomic E-state index is 13.2. The molecule has 1 aromatic carbocycles. The Hall–Kier alpha value is -2.31. The lowest BCUT2D eigenvalue weighted by atomic mass is 9.88. The molecule has 29 heavy (non-hydrogen) atoms. The molecule has 0 radical (unpaired) electrons. The third-order valence-corrected chi connectivity index (χ3v) is 7.25. The van der Waals surface area contributed by atoms with E-state index in [1.165, 1.54) is 15.3 Å². The first-order chi connectivity index (χ1) is 14.1. The molecule has 0 fully saturated rings. The molecule has 6 heteroatoms. The fourth-order valence-electron chi connectivity index (χ4n) is 3.69. The first-order valence-electron chi connectivity index (χ1n) is 10.1. The summed E-state index contributed by atoms with van der Waals surface area (Å²) < 4.78 is 5.49. The van der Waals surface area contributed by atoms with Gasteiger partial charge in [0, 0.05) is 15.4 Å². The topological polar surface area (TPSA) is 50.4 Å². The van der Waals surface area contributed by atoms with Crippen LogP contribution in [0, 0.1) is 5.92 Å². The lowest BCUT2D eigenvalue weighted by molar-refractivity contribution is 0.102. The molecule has 3 aromatic rings. The predicted molar refractivity (Wildman–Crippen MR) is 123 cm³/mol. The molecule has 1 unspecified atom stereocenters. The van der Waals surface area contributed by atoms with Crippen LogP contribution in [0.15, 0.2) is 41.8 Å². The molecular formula is C23H26N2O2S2. The van der Waals surface area contributed by atoms with Gasteiger partial charge in [0.05, 0.1) is 18.7 Å². The van der Waals surface area contributed by atoms with Gasteiger partial charge in [0.25, 0.3) is 5.91 Å². The lowest BCUT2D eigenvalue weighted by Gasteiger charge is -2.18. The molecule has 2 N–H and O–H groups in total. The van der Waals surface area contributed by atoms with E-state index in [9.17, 15) is 4.79 Å². The minimum absolute atomic E-state index is 0.0325. The minimum atomic E-state index is -0.0325. The molecule has 1 aliphatic rings. The van der Waals surface area contributed by atoms with Gasteiger partial charge in [-0.3, -0.25) is 4.79 Å². The second kappa shape index (κ2) is 9.01. The number of amides is 1. The number of anilines is 2. The molecule has 152 valence electrons. The van der Waals surface area contributed by atoms with Crippen molar-refractivity contribution in [3.8, 4) is 5.75 Å². The van der Waals surface area contributed by atoms with Crippen LogP contribution in [0.5, 0.6) is 5.75 Å². The highest BCUT2D eigenvalue weighted by molar-refractivity contribution is 7.16. The number of hydrogen-bond donors (Lipinski definition) is 2. The smallest absolute Gasteiger partial charge is 0.258 e. The van der Waals surface area contributed by atoms with Crippen LogP contribution >= 0.6 is 22.7 Å². The Kier molecular flexibility index (Phi) is 6.21. The van der Waals surface area contributed by atoms with Crippen LogP contribution in [0.25, 0.3) is 0 Å². The average molecular weight is 427 g/mol. The van der Waals surface area contributed by atoms with Gasteiger partial charge in [-0.1, -0.05) is 13.0 Å². The van der Waals surface area contributed by atoms with Crippen LogP contribution in [0.1, 0.15) is 45.9 Å². The largest absolute Gasteiger partial charge is 0.494 e. The summed E-state index contributed by atoms with van der Waals surface area (Å²) in [5.41, 5.74) is 2.83. The number of nitrogens with one attached hydrogen (secondary N) is 2. The van der Waals surface area contributed by atoms with E-state index in [0.717, 1.165) is 47.8 Å². The second-order valence-electron chi connectivity index (χ2n) is 7.40. The van der Waals surface area contributed by atoms with Gasteiger partial charge in [0.2, 0.25) is 0 Å². The van der Waals surface area contributed by atoms with E-state index in [4.69, 9.17) is 4.74 Å². The van der Waals surface area contributed by atoms with Crippen molar-refractivity contribution in [3.63, 3.8) is 0 Å². The Morgan fingerprint density at radius 2 is 2.07 bits per heavy atom. The summed E-state index contributed by atoms with van der Waals surface area (Å²) in [7, 11) is 0. The van der Waals surface area contributed by atoms with Gasteiger partial charge in [0.1, 0.15) is 10.8 Å². The highest BCUT2D eigenvalue weighted by Crippen LogP contribution is 2.40. The molecule has 0 saturated carbocycles. The summed E-state index contributed by atoms with van der Waals surface area (Å²) in [6.07, 6.45) is 3.17. The van der Waals surface area contributed by atoms with Gasteiger partial charge < -0.3 is 15.4 Å². The van der Waals surface area contributed by atoms with Gasteiger partial charge >= 0.3 is 0 Å². The van der Waals surface area contributed by atoms with Crippen LogP contribution < -0.4 is 15.4 Å². The highest BCUT2D eigenvalue weighted by atomic mass is 32.1. The summed E-state index contributed by atoms with van der Waals surface area (Å²) in [6, 6.07) is 11.7. The van der Waals surface area contributed by atoms with Crippen LogP contribution in [0.2, 0.25) is 0 Å². The zero-order valence-electron chi connectivity index (χ0n) is 16.8. The van der Waals surface area contributed by atoms with Crippen molar-refractivity contribution in [1.29, 1.82) is 0 Å². The molecule has 0 spiro atoms. The molecule has 0 aliphatic heterocycles. The SMILES string of the molecule is CCOc1ccc(NC(=O)c2c(NCc3cccs3)sc3c2CCC(C)C3)cc1. The molecule has 1 aliphatic carbocycles. The van der Waals surface area contributed by atoms with Crippen molar-refractivity contribution in [3.05, 3.63) is 62.7 Å². The van der Waals surface area contributed by atoms with Crippen molar-refractivity contribution in [1.82, 2.24) is 0 Å². The Morgan fingerprint density at radius 3 is 2.79 bits per heavy atom. The van der Waals surface area contributed by atoms with Crippen LogP contribution in [0.4, 0.5) is 10.7 Å². The Morgan fingerprint density at radius 1 is 1.24 bits per heavy atom. The molecule has 4 nitrogen and oxygen atoms in total. The molecule has 0 bridgehead atoms. The maximum absolute atomic E-state index is 13.2. The molecule has 2 aromatic heterocycles. The first-order valence-corrected chi connectivity index (χ1v) is 11.8. The summed E-state index contributed by atoms with van der Waals surface area (Å²) in [4.78, 5) is 15.9. The Labute approximate surface area is 179 Å². The van der Waals surface area contributed by atoms with Gasteiger partial charge in [-0.15, -0.1) is 22.7 Å². The summed E-state index contributed by atoms with van der Waals surface area (Å²) in [5.74, 6) is 1.45. The van der Waals surface area contributed by atoms with Gasteiger partial charge in [-0.25, -0.2) is 0 Å². The molecule has 4 rings (SSSR count). The van der Waals surface area contributed by atoms with Crippen LogP contribution in [0.3, 0.4) is 0 Å². The van der Waals surface area contributed by atoms with E-state index in [2.05, 4.69) is 35.1 Å². The molecule has 1 amide bonds. The fraction of sp³-hybridized carbons (Fsp3) is 0.348. The number of rotatable bonds is 7. The molecular weight excluding hydrogens is 400 g/mol. The monoisotopic (exact) mass is 426 g/mol. The van der Waals surface area contributed by atoms with Crippen molar-refractivity contribution in [2.24, 2.45) is 5.92 Å². The van der Waals surface area contributed by atoms with E-state index in [1.807, 2.05) is 31.2 Å². The second-order valence-corrected chi connectivity index (χ2v) is 9.54. The Balaban J connectivity index is 1.57. The third kappa shape index (κ3) is 4.65. The molecule has 1 atom stereocenters. The average Bonchev–Trinajstić information content (AvgIpc) is 3.35. The standard InChI is InChI=1S/C23H26N2O2S2/c1-3-27-17-9-7-16(8-10-17)25-22(26)21-19-11-6-15(2)13-20(19)29-23(21)24-14-18-5-4-12-28-18/h4-5,7-10,12,15,24H,3,6,11,13-14H2,1-2H3,(H,25,26). The summed E-state index contributed by atoms with van der Waals surface area (Å²) in [5, 5.41) is 9.68. The van der Waals surface area contributed by atoms with E-state index in [-0.39, 0.29) is 5.91 Å². The van der Waals surface area contributed by atoms with Crippen LogP contribution in [-0.4, -0.2) is 12.5 Å². The van der Waals surface area contributed by atoms with Gasteiger partial charge in [-0.05, 0) is 73.4 Å². The van der Waals surface area contributed by atoms with E-state index in [0.29, 0.717) is 12.5 Å². The minimum Gasteiger partial charge on any atom is -0.494 e.